The fourth-order valence-corrected chi connectivity index (χ4v) is 5.18. The monoisotopic (exact) mass is 473 g/mol. The number of anilines is 1. The van der Waals surface area contributed by atoms with Crippen molar-refractivity contribution in [2.45, 2.75) is 57.0 Å². The number of carbonyl (C=O) groups is 3. The van der Waals surface area contributed by atoms with E-state index in [1.165, 1.54) is 18.5 Å². The Morgan fingerprint density at radius 3 is 2.48 bits per heavy atom. The molecule has 1 saturated heterocycles. The summed E-state index contributed by atoms with van der Waals surface area (Å²) >= 11 is 6.18. The van der Waals surface area contributed by atoms with Gasteiger partial charge in [0.05, 0.1) is 22.5 Å². The summed E-state index contributed by atoms with van der Waals surface area (Å²) in [7, 11) is 0. The van der Waals surface area contributed by atoms with Crippen molar-refractivity contribution in [2.24, 2.45) is 5.41 Å². The average molecular weight is 474 g/mol. The first-order chi connectivity index (χ1) is 15.9. The zero-order valence-corrected chi connectivity index (χ0v) is 18.8. The third kappa shape index (κ3) is 4.21. The van der Waals surface area contributed by atoms with Crippen LogP contribution >= 0.6 is 11.6 Å². The second-order valence-electron chi connectivity index (χ2n) is 9.20. The number of aromatic nitrogens is 2. The number of halogens is 2. The van der Waals surface area contributed by atoms with E-state index in [4.69, 9.17) is 11.6 Å². The van der Waals surface area contributed by atoms with Gasteiger partial charge in [-0.05, 0) is 63.1 Å². The Hall–Kier alpha value is -2.94. The zero-order chi connectivity index (χ0) is 23.2. The summed E-state index contributed by atoms with van der Waals surface area (Å²) < 4.78 is 13.4. The molecule has 1 aromatic carbocycles. The van der Waals surface area contributed by atoms with E-state index in [1.54, 1.807) is 11.0 Å². The van der Waals surface area contributed by atoms with Gasteiger partial charge in [0, 0.05) is 18.6 Å². The molecule has 174 valence electrons. The summed E-state index contributed by atoms with van der Waals surface area (Å²) in [5.41, 5.74) is 0.306. The van der Waals surface area contributed by atoms with Gasteiger partial charge in [0.1, 0.15) is 11.5 Å². The maximum absolute atomic E-state index is 13.4. The van der Waals surface area contributed by atoms with Gasteiger partial charge in [-0.1, -0.05) is 11.6 Å². The Morgan fingerprint density at radius 2 is 1.79 bits per heavy atom. The van der Waals surface area contributed by atoms with Gasteiger partial charge in [0.25, 0.3) is 11.8 Å². The lowest BCUT2D eigenvalue weighted by molar-refractivity contribution is -0.127. The van der Waals surface area contributed by atoms with Crippen molar-refractivity contribution >= 4 is 35.0 Å². The minimum Gasteiger partial charge on any atom is -0.348 e. The van der Waals surface area contributed by atoms with E-state index in [2.05, 4.69) is 20.6 Å². The molecular weight excluding hydrogens is 449 g/mol. The highest BCUT2D eigenvalue weighted by atomic mass is 35.5. The summed E-state index contributed by atoms with van der Waals surface area (Å²) in [4.78, 5) is 46.8. The van der Waals surface area contributed by atoms with Gasteiger partial charge < -0.3 is 20.5 Å². The molecule has 10 heteroatoms. The Bertz CT molecular complexity index is 1110. The Labute approximate surface area is 195 Å². The molecule has 3 amide bonds. The molecule has 0 bridgehead atoms. The van der Waals surface area contributed by atoms with Crippen molar-refractivity contribution in [3.63, 3.8) is 0 Å². The predicted molar refractivity (Wildman–Crippen MR) is 120 cm³/mol. The van der Waals surface area contributed by atoms with Crippen LogP contribution in [-0.2, 0) is 4.79 Å². The first kappa shape index (κ1) is 21.9. The fourth-order valence-electron chi connectivity index (χ4n) is 4.91. The summed E-state index contributed by atoms with van der Waals surface area (Å²) in [5, 5.41) is 6.06. The summed E-state index contributed by atoms with van der Waals surface area (Å²) in [5.74, 6) is -1.14. The summed E-state index contributed by atoms with van der Waals surface area (Å²) in [6, 6.07) is 4.15. The van der Waals surface area contributed by atoms with E-state index < -0.39 is 11.2 Å². The van der Waals surface area contributed by atoms with E-state index in [0.717, 1.165) is 12.8 Å². The molecule has 1 aliphatic heterocycles. The van der Waals surface area contributed by atoms with Crippen LogP contribution < -0.4 is 15.5 Å². The predicted octanol–water partition coefficient (Wildman–Crippen LogP) is 3.19. The molecule has 0 atom stereocenters. The fraction of sp³-hybridized carbons (Fsp3) is 0.478. The largest absolute Gasteiger partial charge is 0.348 e. The van der Waals surface area contributed by atoms with Gasteiger partial charge in [0.2, 0.25) is 5.91 Å². The molecule has 5 rings (SSSR count). The molecule has 8 nitrogen and oxygen atoms in total. The number of benzene rings is 1. The zero-order valence-electron chi connectivity index (χ0n) is 18.0. The van der Waals surface area contributed by atoms with Crippen molar-refractivity contribution in [1.82, 2.24) is 20.6 Å². The summed E-state index contributed by atoms with van der Waals surface area (Å²) in [6.07, 6.45) is 6.54. The van der Waals surface area contributed by atoms with Crippen LogP contribution in [-0.4, -0.2) is 46.3 Å². The number of aromatic amines is 1. The van der Waals surface area contributed by atoms with E-state index in [0.29, 0.717) is 44.3 Å². The van der Waals surface area contributed by atoms with Crippen LogP contribution in [0.1, 0.15) is 65.9 Å². The minimum absolute atomic E-state index is 0.00776. The molecule has 2 aliphatic carbocycles. The van der Waals surface area contributed by atoms with E-state index >= 15 is 0 Å². The van der Waals surface area contributed by atoms with E-state index in [9.17, 15) is 18.8 Å². The van der Waals surface area contributed by atoms with Crippen LogP contribution in [0.5, 0.6) is 0 Å². The molecule has 33 heavy (non-hydrogen) atoms. The molecule has 1 spiro atoms. The lowest BCUT2D eigenvalue weighted by Crippen LogP contribution is -2.44. The second-order valence-corrected chi connectivity index (χ2v) is 9.61. The lowest BCUT2D eigenvalue weighted by atomic mass is 9.71. The molecule has 1 aromatic heterocycles. The van der Waals surface area contributed by atoms with Crippen LogP contribution in [0.4, 0.5) is 10.1 Å². The van der Waals surface area contributed by atoms with Crippen molar-refractivity contribution in [3.8, 4) is 0 Å². The Balaban J connectivity index is 1.20. The molecule has 2 aromatic rings. The van der Waals surface area contributed by atoms with Crippen LogP contribution in [0, 0.1) is 11.2 Å². The number of nitrogens with zero attached hydrogens (tertiary/aromatic N) is 2. The SMILES string of the molecule is O=C(NC1CC1)c1nc[nH]c1C(=O)N[C@H]1CC[C@]2(CCN(c3ccc(F)cc3Cl)C2=O)CC1. The van der Waals surface area contributed by atoms with Crippen LogP contribution in [0.2, 0.25) is 5.02 Å². The van der Waals surface area contributed by atoms with Crippen molar-refractivity contribution < 1.29 is 18.8 Å². The molecule has 3 N–H and O–H groups in total. The molecule has 0 radical (unpaired) electrons. The quantitative estimate of drug-likeness (QED) is 0.619. The Morgan fingerprint density at radius 1 is 1.09 bits per heavy atom. The van der Waals surface area contributed by atoms with Gasteiger partial charge >= 0.3 is 0 Å². The smallest absolute Gasteiger partial charge is 0.272 e. The number of H-pyrrole nitrogens is 1. The third-order valence-electron chi connectivity index (χ3n) is 6.99. The van der Waals surface area contributed by atoms with Gasteiger partial charge in [-0.2, -0.15) is 0 Å². The number of hydrogen-bond donors (Lipinski definition) is 3. The molecule has 2 heterocycles. The topological polar surface area (TPSA) is 107 Å². The maximum atomic E-state index is 13.4. The number of amides is 3. The highest BCUT2D eigenvalue weighted by molar-refractivity contribution is 6.34. The standard InChI is InChI=1S/C23H25ClFN5O3/c24-16-11-13(25)1-4-17(16)30-10-9-23(22(30)33)7-5-15(6-8-23)29-21(32)19-18(26-12-27-19)20(31)28-14-2-3-14/h1,4,11-12,14-15H,2-3,5-10H2,(H,26,27)(H,28,31)(H,29,32)/t15-,23+. The number of imidazole rings is 1. The van der Waals surface area contributed by atoms with Gasteiger partial charge in [0.15, 0.2) is 5.69 Å². The minimum atomic E-state index is -0.484. The lowest BCUT2D eigenvalue weighted by Gasteiger charge is -2.36. The number of hydrogen-bond acceptors (Lipinski definition) is 4. The van der Waals surface area contributed by atoms with Crippen LogP contribution in [0.25, 0.3) is 0 Å². The van der Waals surface area contributed by atoms with Crippen molar-refractivity contribution in [2.75, 3.05) is 11.4 Å². The van der Waals surface area contributed by atoms with Crippen molar-refractivity contribution in [1.29, 1.82) is 0 Å². The number of carbonyl (C=O) groups excluding carboxylic acids is 3. The molecular formula is C23H25ClFN5O3. The van der Waals surface area contributed by atoms with Gasteiger partial charge in [-0.15, -0.1) is 0 Å². The average Bonchev–Trinajstić information content (AvgIpc) is 3.36. The number of nitrogens with one attached hydrogen (secondary N) is 3. The summed E-state index contributed by atoms with van der Waals surface area (Å²) in [6.45, 7) is 0.537. The first-order valence-electron chi connectivity index (χ1n) is 11.3. The van der Waals surface area contributed by atoms with Gasteiger partial charge in [-0.3, -0.25) is 14.4 Å². The van der Waals surface area contributed by atoms with Gasteiger partial charge in [-0.25, -0.2) is 9.37 Å². The molecule has 2 saturated carbocycles. The molecule has 3 aliphatic rings. The van der Waals surface area contributed by atoms with Crippen LogP contribution in [0.3, 0.4) is 0 Å². The highest BCUT2D eigenvalue weighted by Crippen LogP contribution is 2.47. The van der Waals surface area contributed by atoms with E-state index in [-0.39, 0.29) is 46.2 Å². The normalized spacial score (nSPS) is 24.8. The van der Waals surface area contributed by atoms with Crippen LogP contribution in [0.15, 0.2) is 24.5 Å². The van der Waals surface area contributed by atoms with E-state index in [1.807, 2.05) is 0 Å². The van der Waals surface area contributed by atoms with Crippen molar-refractivity contribution in [3.05, 3.63) is 46.8 Å². The number of rotatable bonds is 5. The maximum Gasteiger partial charge on any atom is 0.272 e. The highest BCUT2D eigenvalue weighted by Gasteiger charge is 2.49. The second kappa shape index (κ2) is 8.44. The molecule has 3 fully saturated rings. The molecule has 0 unspecified atom stereocenters. The third-order valence-corrected chi connectivity index (χ3v) is 7.29. The first-order valence-corrected chi connectivity index (χ1v) is 11.7. The Kier molecular flexibility index (Phi) is 5.60.